The van der Waals surface area contributed by atoms with Crippen molar-refractivity contribution < 1.29 is 19.1 Å². The maximum absolute atomic E-state index is 12.7. The number of aromatic nitrogens is 1. The molecule has 0 spiro atoms. The molecule has 2 rings (SSSR count). The molecule has 2 aromatic rings. The van der Waals surface area contributed by atoms with E-state index in [-0.39, 0.29) is 31.1 Å². The molecule has 0 fully saturated rings. The third-order valence-electron chi connectivity index (χ3n) is 5.06. The second kappa shape index (κ2) is 10.7. The molecule has 0 aliphatic carbocycles. The van der Waals surface area contributed by atoms with Crippen LogP contribution in [0, 0.1) is 11.3 Å². The molecule has 0 aliphatic heterocycles. The van der Waals surface area contributed by atoms with E-state index in [1.54, 1.807) is 13.8 Å². The predicted octanol–water partition coefficient (Wildman–Crippen LogP) is 4.13. The zero-order chi connectivity index (χ0) is 22.3. The maximum atomic E-state index is 12.7. The second-order valence-corrected chi connectivity index (χ2v) is 7.12. The van der Waals surface area contributed by atoms with Crippen molar-refractivity contribution in [2.45, 2.75) is 66.3 Å². The van der Waals surface area contributed by atoms with Crippen molar-refractivity contribution in [2.75, 3.05) is 18.9 Å². The van der Waals surface area contributed by atoms with Gasteiger partial charge in [-0.2, -0.15) is 5.26 Å². The molecule has 7 nitrogen and oxygen atoms in total. The van der Waals surface area contributed by atoms with Gasteiger partial charge in [0.15, 0.2) is 5.69 Å². The molecule has 0 unspecified atom stereocenters. The lowest BCUT2D eigenvalue weighted by Gasteiger charge is -2.15. The number of aryl methyl sites for hydroxylation is 1. The van der Waals surface area contributed by atoms with E-state index in [9.17, 15) is 14.9 Å². The van der Waals surface area contributed by atoms with Crippen molar-refractivity contribution in [1.29, 1.82) is 5.26 Å². The Morgan fingerprint density at radius 1 is 1.10 bits per heavy atom. The summed E-state index contributed by atoms with van der Waals surface area (Å²) in [5, 5.41) is 10.7. The van der Waals surface area contributed by atoms with Gasteiger partial charge in [0, 0.05) is 5.39 Å². The highest BCUT2D eigenvalue weighted by atomic mass is 16.5. The lowest BCUT2D eigenvalue weighted by atomic mass is 9.92. The van der Waals surface area contributed by atoms with Crippen LogP contribution >= 0.6 is 0 Å². The van der Waals surface area contributed by atoms with Crippen LogP contribution < -0.4 is 5.73 Å². The lowest BCUT2D eigenvalue weighted by molar-refractivity contribution is -0.143. The van der Waals surface area contributed by atoms with Crippen LogP contribution in [0.25, 0.3) is 10.9 Å². The Morgan fingerprint density at radius 2 is 1.80 bits per heavy atom. The van der Waals surface area contributed by atoms with E-state index in [0.717, 1.165) is 43.2 Å². The van der Waals surface area contributed by atoms with Crippen molar-refractivity contribution in [3.8, 4) is 6.07 Å². The molecule has 1 aromatic heterocycles. The van der Waals surface area contributed by atoms with Crippen molar-refractivity contribution in [3.63, 3.8) is 0 Å². The minimum atomic E-state index is -0.619. The minimum absolute atomic E-state index is 0.0893. The van der Waals surface area contributed by atoms with Crippen molar-refractivity contribution in [1.82, 2.24) is 4.57 Å². The van der Waals surface area contributed by atoms with Crippen LogP contribution in [0.4, 0.5) is 5.69 Å². The molecular formula is C23H31N3O4. The van der Waals surface area contributed by atoms with E-state index in [4.69, 9.17) is 15.2 Å². The van der Waals surface area contributed by atoms with Gasteiger partial charge in [-0.25, -0.2) is 4.79 Å². The number of anilines is 1. The summed E-state index contributed by atoms with van der Waals surface area (Å²) >= 11 is 0. The van der Waals surface area contributed by atoms with Gasteiger partial charge >= 0.3 is 11.9 Å². The minimum Gasteiger partial charge on any atom is -0.465 e. The van der Waals surface area contributed by atoms with Gasteiger partial charge in [-0.3, -0.25) is 4.79 Å². The number of benzene rings is 1. The number of carbonyl (C=O) groups excluding carboxylic acids is 2. The Balaban J connectivity index is 2.89. The van der Waals surface area contributed by atoms with E-state index in [1.807, 2.05) is 6.07 Å². The molecule has 0 saturated carbocycles. The zero-order valence-electron chi connectivity index (χ0n) is 18.3. The second-order valence-electron chi connectivity index (χ2n) is 7.12. The molecule has 0 bridgehead atoms. The van der Waals surface area contributed by atoms with Gasteiger partial charge in [-0.15, -0.1) is 0 Å². The molecular weight excluding hydrogens is 382 g/mol. The number of fused-ring (bicyclic) bond motifs is 1. The fourth-order valence-electron chi connectivity index (χ4n) is 3.80. The first-order valence-corrected chi connectivity index (χ1v) is 10.6. The maximum Gasteiger partial charge on any atom is 0.357 e. The number of hydrogen-bond acceptors (Lipinski definition) is 6. The van der Waals surface area contributed by atoms with Gasteiger partial charge in [-0.1, -0.05) is 26.7 Å². The molecule has 0 saturated heterocycles. The Hall–Kier alpha value is -3.01. The number of ether oxygens (including phenoxy) is 2. The number of nitrogen functional groups attached to an aromatic ring is 1. The van der Waals surface area contributed by atoms with Crippen molar-refractivity contribution in [2.24, 2.45) is 0 Å². The summed E-state index contributed by atoms with van der Waals surface area (Å²) < 4.78 is 11.8. The average Bonchev–Trinajstić information content (AvgIpc) is 2.98. The molecule has 7 heteroatoms. The van der Waals surface area contributed by atoms with Gasteiger partial charge in [0.2, 0.25) is 0 Å². The van der Waals surface area contributed by atoms with Crippen molar-refractivity contribution in [3.05, 3.63) is 28.5 Å². The topological polar surface area (TPSA) is 107 Å². The highest BCUT2D eigenvalue weighted by molar-refractivity contribution is 6.08. The molecule has 2 N–H and O–H groups in total. The third kappa shape index (κ3) is 4.59. The first-order chi connectivity index (χ1) is 14.4. The standard InChI is InChI=1S/C23H31N3O4/c1-5-9-11-16-15(10-6-2)12-17-20(25)22(23(28)30-8-4)26(14-19(27)29-7-3)21(17)18(16)13-24/h12H,5-11,14,25H2,1-4H3. The van der Waals surface area contributed by atoms with Crippen LogP contribution in [0.15, 0.2) is 6.07 Å². The highest BCUT2D eigenvalue weighted by Crippen LogP contribution is 2.36. The zero-order valence-corrected chi connectivity index (χ0v) is 18.3. The summed E-state index contributed by atoms with van der Waals surface area (Å²) in [5.74, 6) is -1.12. The van der Waals surface area contributed by atoms with E-state index < -0.39 is 11.9 Å². The average molecular weight is 414 g/mol. The Labute approximate surface area is 177 Å². The Bertz CT molecular complexity index is 969. The van der Waals surface area contributed by atoms with Gasteiger partial charge in [0.1, 0.15) is 12.6 Å². The SMILES string of the molecule is CCCCc1c(CCC)cc2c(N)c(C(=O)OCC)n(CC(=O)OCC)c2c1C#N. The highest BCUT2D eigenvalue weighted by Gasteiger charge is 2.28. The quantitative estimate of drug-likeness (QED) is 0.587. The number of hydrogen-bond donors (Lipinski definition) is 1. The molecule has 162 valence electrons. The van der Waals surface area contributed by atoms with Crippen LogP contribution in [-0.4, -0.2) is 29.7 Å². The first kappa shape index (κ1) is 23.3. The van der Waals surface area contributed by atoms with Crippen LogP contribution in [0.3, 0.4) is 0 Å². The van der Waals surface area contributed by atoms with Gasteiger partial charge in [0.25, 0.3) is 0 Å². The first-order valence-electron chi connectivity index (χ1n) is 10.6. The molecule has 0 radical (unpaired) electrons. The van der Waals surface area contributed by atoms with Crippen molar-refractivity contribution >= 4 is 28.5 Å². The third-order valence-corrected chi connectivity index (χ3v) is 5.06. The smallest absolute Gasteiger partial charge is 0.357 e. The Morgan fingerprint density at radius 3 is 2.37 bits per heavy atom. The molecule has 1 heterocycles. The summed E-state index contributed by atoms with van der Waals surface area (Å²) in [7, 11) is 0. The van der Waals surface area contributed by atoms with Gasteiger partial charge in [-0.05, 0) is 50.3 Å². The van der Waals surface area contributed by atoms with Crippen LogP contribution in [0.1, 0.15) is 74.1 Å². The summed E-state index contributed by atoms with van der Waals surface area (Å²) in [6.07, 6.45) is 4.42. The van der Waals surface area contributed by atoms with Crippen LogP contribution in [0.2, 0.25) is 0 Å². The van der Waals surface area contributed by atoms with E-state index in [2.05, 4.69) is 19.9 Å². The fraction of sp³-hybridized carbons (Fsp3) is 0.522. The molecule has 0 aliphatic rings. The van der Waals surface area contributed by atoms with E-state index in [0.29, 0.717) is 16.5 Å². The molecule has 30 heavy (non-hydrogen) atoms. The summed E-state index contributed by atoms with van der Waals surface area (Å²) in [5.41, 5.74) is 9.68. The lowest BCUT2D eigenvalue weighted by Crippen LogP contribution is -2.20. The normalized spacial score (nSPS) is 10.8. The fourth-order valence-corrected chi connectivity index (χ4v) is 3.80. The Kier molecular flexibility index (Phi) is 8.28. The number of nitrogens with zero attached hydrogens (tertiary/aromatic N) is 2. The number of esters is 2. The summed E-state index contributed by atoms with van der Waals surface area (Å²) in [6, 6.07) is 4.29. The van der Waals surface area contributed by atoms with Gasteiger partial charge in [0.05, 0.1) is 30.0 Å². The summed E-state index contributed by atoms with van der Waals surface area (Å²) in [6.45, 7) is 7.78. The number of nitriles is 1. The number of nitrogens with two attached hydrogens (primary N) is 1. The monoisotopic (exact) mass is 413 g/mol. The van der Waals surface area contributed by atoms with Gasteiger partial charge < -0.3 is 19.8 Å². The van der Waals surface area contributed by atoms with Crippen LogP contribution in [0.5, 0.6) is 0 Å². The largest absolute Gasteiger partial charge is 0.465 e. The number of carbonyl (C=O) groups is 2. The summed E-state index contributed by atoms with van der Waals surface area (Å²) in [4.78, 5) is 25.0. The molecule has 0 amide bonds. The predicted molar refractivity (Wildman–Crippen MR) is 116 cm³/mol. The van der Waals surface area contributed by atoms with Crippen LogP contribution in [-0.2, 0) is 33.7 Å². The van der Waals surface area contributed by atoms with E-state index in [1.165, 1.54) is 4.57 Å². The number of rotatable bonds is 10. The van der Waals surface area contributed by atoms with E-state index >= 15 is 0 Å². The number of unbranched alkanes of at least 4 members (excludes halogenated alkanes) is 1. The molecule has 0 atom stereocenters. The molecule has 1 aromatic carbocycles.